The van der Waals surface area contributed by atoms with E-state index in [2.05, 4.69) is 30.0 Å². The van der Waals surface area contributed by atoms with Crippen LogP contribution in [0, 0.1) is 6.92 Å². The third kappa shape index (κ3) is 4.12. The minimum Gasteiger partial charge on any atom is -0.483 e. The summed E-state index contributed by atoms with van der Waals surface area (Å²) in [6, 6.07) is 6.72. The lowest BCUT2D eigenvalue weighted by Crippen LogP contribution is -2.49. The number of rotatable bonds is 3. The van der Waals surface area contributed by atoms with Crippen molar-refractivity contribution in [1.82, 2.24) is 9.29 Å². The van der Waals surface area contributed by atoms with Crippen LogP contribution in [0.2, 0.25) is 0 Å². The summed E-state index contributed by atoms with van der Waals surface area (Å²) in [5.41, 5.74) is 5.23. The van der Waals surface area contributed by atoms with Crippen LogP contribution in [-0.2, 0) is 27.7 Å². The maximum atomic E-state index is 12.0. The van der Waals surface area contributed by atoms with Gasteiger partial charge in [-0.2, -0.15) is 4.31 Å². The Hall–Kier alpha value is -2.19. The zero-order valence-corrected chi connectivity index (χ0v) is 17.2. The van der Waals surface area contributed by atoms with Crippen LogP contribution in [-0.4, -0.2) is 61.2 Å². The topological polar surface area (TPSA) is 90.8 Å². The van der Waals surface area contributed by atoms with E-state index in [1.165, 1.54) is 34.9 Å². The molecule has 2 aliphatic rings. The molecule has 1 saturated heterocycles. The van der Waals surface area contributed by atoms with Crippen LogP contribution in [0.1, 0.15) is 30.0 Å². The average molecular weight is 406 g/mol. The number of carboxylic acid groups (broad SMARTS) is 1. The molecule has 7 nitrogen and oxygen atoms in total. The van der Waals surface area contributed by atoms with Crippen molar-refractivity contribution in [1.29, 1.82) is 0 Å². The Morgan fingerprint density at radius 1 is 1.11 bits per heavy atom. The molecule has 1 aliphatic carbocycles. The van der Waals surface area contributed by atoms with Crippen molar-refractivity contribution in [2.24, 2.45) is 0 Å². The summed E-state index contributed by atoms with van der Waals surface area (Å²) in [6.07, 6.45) is 3.58. The molecule has 0 unspecified atom stereocenters. The van der Waals surface area contributed by atoms with Gasteiger partial charge in [-0.15, -0.1) is 0 Å². The van der Waals surface area contributed by atoms with Crippen LogP contribution in [0.25, 0.3) is 10.9 Å². The van der Waals surface area contributed by atoms with E-state index in [0.29, 0.717) is 26.2 Å². The number of carbonyl (C=O) groups is 1. The first kappa shape index (κ1) is 20.5. The predicted octanol–water partition coefficient (Wildman–Crippen LogP) is 2.20. The number of nitrogens with zero attached hydrogens (tertiary/aromatic N) is 3. The quantitative estimate of drug-likeness (QED) is 0.788. The minimum absolute atomic E-state index is 0.172. The Morgan fingerprint density at radius 2 is 1.71 bits per heavy atom. The third-order valence-corrected chi connectivity index (χ3v) is 7.42. The van der Waals surface area contributed by atoms with Crippen LogP contribution in [0.3, 0.4) is 0 Å². The molecule has 0 bridgehead atoms. The van der Waals surface area contributed by atoms with Crippen molar-refractivity contribution in [3.8, 4) is 0 Å². The van der Waals surface area contributed by atoms with Crippen molar-refractivity contribution in [3.05, 3.63) is 34.9 Å². The number of sulfonamides is 1. The largest absolute Gasteiger partial charge is 0.483 e. The van der Waals surface area contributed by atoms with Crippen molar-refractivity contribution in [2.45, 2.75) is 33.1 Å². The zero-order valence-electron chi connectivity index (χ0n) is 16.4. The number of hydrogen-bond acceptors (Lipinski definition) is 5. The molecule has 2 aromatic rings. The molecule has 0 spiro atoms. The Kier molecular flexibility index (Phi) is 6.20. The second-order valence-electron chi connectivity index (χ2n) is 7.18. The minimum atomic E-state index is -3.09. The van der Waals surface area contributed by atoms with Gasteiger partial charge in [0, 0.05) is 31.6 Å². The Bertz CT molecular complexity index is 967. The molecule has 1 aromatic carbocycles. The smallest absolute Gasteiger partial charge is 0.290 e. The predicted molar refractivity (Wildman–Crippen MR) is 110 cm³/mol. The van der Waals surface area contributed by atoms with Crippen molar-refractivity contribution < 1.29 is 18.3 Å². The van der Waals surface area contributed by atoms with Gasteiger partial charge >= 0.3 is 0 Å². The zero-order chi connectivity index (χ0) is 20.3. The number of anilines is 1. The summed E-state index contributed by atoms with van der Waals surface area (Å²) in [5, 5.41) is 8.14. The highest BCUT2D eigenvalue weighted by Crippen LogP contribution is 2.30. The van der Waals surface area contributed by atoms with E-state index >= 15 is 0 Å². The van der Waals surface area contributed by atoms with Gasteiger partial charge in [-0.25, -0.2) is 13.4 Å². The van der Waals surface area contributed by atoms with Crippen molar-refractivity contribution >= 4 is 33.2 Å². The van der Waals surface area contributed by atoms with E-state index in [-0.39, 0.29) is 12.2 Å². The number of pyridine rings is 1. The number of benzene rings is 1. The van der Waals surface area contributed by atoms with E-state index in [1.807, 2.05) is 0 Å². The first-order valence-electron chi connectivity index (χ1n) is 9.63. The Morgan fingerprint density at radius 3 is 2.32 bits per heavy atom. The lowest BCUT2D eigenvalue weighted by Gasteiger charge is -2.34. The fourth-order valence-electron chi connectivity index (χ4n) is 3.99. The molecule has 152 valence electrons. The van der Waals surface area contributed by atoms with Crippen molar-refractivity contribution in [2.75, 3.05) is 36.8 Å². The van der Waals surface area contributed by atoms with Crippen LogP contribution in [0.15, 0.2) is 18.2 Å². The van der Waals surface area contributed by atoms with E-state index < -0.39 is 10.0 Å². The van der Waals surface area contributed by atoms with Crippen LogP contribution < -0.4 is 4.90 Å². The number of aromatic nitrogens is 1. The average Bonchev–Trinajstić information content (AvgIpc) is 3.14. The molecule has 1 N–H and O–H groups in total. The third-order valence-electron chi connectivity index (χ3n) is 5.54. The number of fused-ring (bicyclic) bond motifs is 2. The second kappa shape index (κ2) is 8.45. The molecule has 0 radical (unpaired) electrons. The highest BCUT2D eigenvalue weighted by atomic mass is 32.2. The number of piperazine rings is 1. The van der Waals surface area contributed by atoms with Crippen molar-refractivity contribution in [3.63, 3.8) is 0 Å². The van der Waals surface area contributed by atoms with E-state index in [1.54, 1.807) is 11.2 Å². The van der Waals surface area contributed by atoms with E-state index in [0.717, 1.165) is 17.8 Å². The van der Waals surface area contributed by atoms with Crippen LogP contribution in [0.5, 0.6) is 0 Å². The van der Waals surface area contributed by atoms with Gasteiger partial charge in [0.1, 0.15) is 5.82 Å². The SMILES string of the molecule is CCS(=O)(=O)N1CCN(c2cc(C)c3cc4c(cc3n2)CCC4)CC1.O=CO. The molecule has 8 heteroatoms. The monoisotopic (exact) mass is 405 g/mol. The standard InChI is InChI=1S/C19H25N3O2S.CH2O2/c1-3-25(23,24)22-9-7-21(8-10-22)19-11-14(2)17-12-15-5-4-6-16(15)13-18(17)20-19;2-1-3/h11-13H,3-10H2,1-2H3;1H,(H,2,3). The van der Waals surface area contributed by atoms with Gasteiger partial charge in [0.05, 0.1) is 11.3 Å². The summed E-state index contributed by atoms with van der Waals surface area (Å²) in [6.45, 7) is 6.07. The number of hydrogen-bond donors (Lipinski definition) is 1. The molecule has 1 aromatic heterocycles. The molecule has 4 rings (SSSR count). The summed E-state index contributed by atoms with van der Waals surface area (Å²) in [4.78, 5) is 15.5. The molecule has 2 heterocycles. The molecule has 0 amide bonds. The highest BCUT2D eigenvalue weighted by molar-refractivity contribution is 7.89. The van der Waals surface area contributed by atoms with Crippen LogP contribution in [0.4, 0.5) is 5.82 Å². The molecule has 1 fully saturated rings. The van der Waals surface area contributed by atoms with Crippen LogP contribution >= 0.6 is 0 Å². The highest BCUT2D eigenvalue weighted by Gasteiger charge is 2.26. The molecule has 28 heavy (non-hydrogen) atoms. The fourth-order valence-corrected chi connectivity index (χ4v) is 5.07. The molecule has 1 aliphatic heterocycles. The van der Waals surface area contributed by atoms with Gasteiger partial charge in [-0.3, -0.25) is 4.79 Å². The maximum absolute atomic E-state index is 12.0. The summed E-state index contributed by atoms with van der Waals surface area (Å²) in [7, 11) is -3.09. The first-order valence-corrected chi connectivity index (χ1v) is 11.2. The lowest BCUT2D eigenvalue weighted by molar-refractivity contribution is -0.122. The van der Waals surface area contributed by atoms with Gasteiger partial charge in [0.25, 0.3) is 6.47 Å². The summed E-state index contributed by atoms with van der Waals surface area (Å²) < 4.78 is 25.7. The normalized spacial score (nSPS) is 17.1. The van der Waals surface area contributed by atoms with E-state index in [9.17, 15) is 8.42 Å². The molecular formula is C20H27N3O4S. The molecule has 0 saturated carbocycles. The van der Waals surface area contributed by atoms with Gasteiger partial charge in [-0.1, -0.05) is 0 Å². The Balaban J connectivity index is 0.000000706. The number of aryl methyl sites for hydroxylation is 3. The second-order valence-corrected chi connectivity index (χ2v) is 9.44. The fraction of sp³-hybridized carbons (Fsp3) is 0.500. The van der Waals surface area contributed by atoms with Gasteiger partial charge in [0.2, 0.25) is 10.0 Å². The summed E-state index contributed by atoms with van der Waals surface area (Å²) >= 11 is 0. The molecule has 0 atom stereocenters. The van der Waals surface area contributed by atoms with Gasteiger partial charge in [-0.05, 0) is 68.0 Å². The first-order chi connectivity index (χ1) is 13.4. The summed E-state index contributed by atoms with van der Waals surface area (Å²) in [5.74, 6) is 1.14. The maximum Gasteiger partial charge on any atom is 0.290 e. The lowest BCUT2D eigenvalue weighted by atomic mass is 10.0. The van der Waals surface area contributed by atoms with Gasteiger partial charge in [0.15, 0.2) is 0 Å². The van der Waals surface area contributed by atoms with Gasteiger partial charge < -0.3 is 10.0 Å². The van der Waals surface area contributed by atoms with E-state index in [4.69, 9.17) is 14.9 Å². The Labute approximate surface area is 166 Å². The molecular weight excluding hydrogens is 378 g/mol.